The third kappa shape index (κ3) is 2.24. The predicted molar refractivity (Wildman–Crippen MR) is 69.8 cm³/mol. The summed E-state index contributed by atoms with van der Waals surface area (Å²) in [4.78, 5) is 12.4. The van der Waals surface area contributed by atoms with Crippen LogP contribution in [0.4, 0.5) is 17.1 Å². The Morgan fingerprint density at radius 2 is 2.22 bits per heavy atom. The lowest BCUT2D eigenvalue weighted by Gasteiger charge is -2.43. The fourth-order valence-electron chi connectivity index (χ4n) is 2.21. The fraction of sp³-hybridized carbons (Fsp3) is 0.500. The molecule has 6 nitrogen and oxygen atoms in total. The van der Waals surface area contributed by atoms with Gasteiger partial charge in [-0.25, -0.2) is 0 Å². The first-order valence-electron chi connectivity index (χ1n) is 5.81. The number of rotatable bonds is 2. The molecule has 0 amide bonds. The summed E-state index contributed by atoms with van der Waals surface area (Å²) in [6.07, 6.45) is 0. The van der Waals surface area contributed by atoms with Crippen LogP contribution in [0, 0.1) is 10.1 Å². The fourth-order valence-corrected chi connectivity index (χ4v) is 2.21. The number of anilines is 2. The van der Waals surface area contributed by atoms with Crippen molar-refractivity contribution in [3.05, 3.63) is 28.3 Å². The van der Waals surface area contributed by atoms with Crippen molar-refractivity contribution in [2.24, 2.45) is 0 Å². The van der Waals surface area contributed by atoms with Crippen LogP contribution >= 0.6 is 0 Å². The van der Waals surface area contributed by atoms with Crippen molar-refractivity contribution < 1.29 is 9.66 Å². The smallest absolute Gasteiger partial charge is 0.292 e. The van der Waals surface area contributed by atoms with Crippen LogP contribution in [0.15, 0.2) is 18.2 Å². The van der Waals surface area contributed by atoms with E-state index in [0.29, 0.717) is 13.2 Å². The molecule has 98 valence electrons. The molecule has 1 fully saturated rings. The van der Waals surface area contributed by atoms with Gasteiger partial charge < -0.3 is 15.4 Å². The SMILES string of the molecule is CC1(C)COCCN1c1ccc([N+](=O)[O-])c(N)c1. The van der Waals surface area contributed by atoms with Gasteiger partial charge in [0.2, 0.25) is 0 Å². The summed E-state index contributed by atoms with van der Waals surface area (Å²) in [7, 11) is 0. The molecule has 1 aromatic carbocycles. The van der Waals surface area contributed by atoms with Crippen LogP contribution in [0.1, 0.15) is 13.8 Å². The van der Waals surface area contributed by atoms with Gasteiger partial charge in [0.25, 0.3) is 5.69 Å². The van der Waals surface area contributed by atoms with Crippen molar-refractivity contribution in [3.8, 4) is 0 Å². The molecule has 0 bridgehead atoms. The molecule has 0 radical (unpaired) electrons. The van der Waals surface area contributed by atoms with E-state index in [9.17, 15) is 10.1 Å². The molecular weight excluding hydrogens is 234 g/mol. The average Bonchev–Trinajstić information content (AvgIpc) is 2.27. The lowest BCUT2D eigenvalue weighted by Crippen LogP contribution is -2.53. The van der Waals surface area contributed by atoms with Crippen LogP contribution in [0.2, 0.25) is 0 Å². The van der Waals surface area contributed by atoms with Crippen molar-refractivity contribution in [2.45, 2.75) is 19.4 Å². The van der Waals surface area contributed by atoms with Crippen molar-refractivity contribution >= 4 is 17.1 Å². The summed E-state index contributed by atoms with van der Waals surface area (Å²) in [5, 5.41) is 10.7. The number of nitro groups is 1. The zero-order valence-electron chi connectivity index (χ0n) is 10.5. The highest BCUT2D eigenvalue weighted by Crippen LogP contribution is 2.31. The minimum Gasteiger partial charge on any atom is -0.393 e. The second-order valence-corrected chi connectivity index (χ2v) is 5.02. The van der Waals surface area contributed by atoms with Gasteiger partial charge in [-0.2, -0.15) is 0 Å². The lowest BCUT2D eigenvalue weighted by molar-refractivity contribution is -0.383. The molecule has 1 aliphatic heterocycles. The normalized spacial score (nSPS) is 18.7. The second kappa shape index (κ2) is 4.45. The van der Waals surface area contributed by atoms with Gasteiger partial charge in [-0.05, 0) is 26.0 Å². The number of nitrogens with zero attached hydrogens (tertiary/aromatic N) is 2. The zero-order chi connectivity index (χ0) is 13.3. The van der Waals surface area contributed by atoms with Crippen LogP contribution in [0.3, 0.4) is 0 Å². The minimum atomic E-state index is -0.469. The maximum absolute atomic E-state index is 10.7. The molecule has 1 saturated heterocycles. The molecule has 2 rings (SSSR count). The molecule has 0 spiro atoms. The van der Waals surface area contributed by atoms with Gasteiger partial charge in [-0.15, -0.1) is 0 Å². The Kier molecular flexibility index (Phi) is 3.13. The first-order valence-corrected chi connectivity index (χ1v) is 5.81. The summed E-state index contributed by atoms with van der Waals surface area (Å²) in [5.74, 6) is 0. The highest BCUT2D eigenvalue weighted by atomic mass is 16.6. The molecule has 1 heterocycles. The van der Waals surface area contributed by atoms with Gasteiger partial charge in [0.15, 0.2) is 0 Å². The van der Waals surface area contributed by atoms with Crippen LogP contribution in [0.25, 0.3) is 0 Å². The molecule has 1 aliphatic rings. The van der Waals surface area contributed by atoms with Crippen LogP contribution in [-0.2, 0) is 4.74 Å². The van der Waals surface area contributed by atoms with E-state index in [4.69, 9.17) is 10.5 Å². The first-order chi connectivity index (χ1) is 8.42. The topological polar surface area (TPSA) is 81.6 Å². The number of morpholine rings is 1. The van der Waals surface area contributed by atoms with E-state index >= 15 is 0 Å². The van der Waals surface area contributed by atoms with Gasteiger partial charge in [0.05, 0.1) is 23.7 Å². The van der Waals surface area contributed by atoms with Gasteiger partial charge in [0, 0.05) is 18.3 Å². The van der Waals surface area contributed by atoms with Crippen molar-refractivity contribution in [1.29, 1.82) is 0 Å². The predicted octanol–water partition coefficient (Wildman–Crippen LogP) is 1.79. The average molecular weight is 251 g/mol. The Morgan fingerprint density at radius 1 is 1.50 bits per heavy atom. The van der Waals surface area contributed by atoms with E-state index in [-0.39, 0.29) is 16.9 Å². The summed E-state index contributed by atoms with van der Waals surface area (Å²) in [5.41, 5.74) is 6.62. The maximum Gasteiger partial charge on any atom is 0.292 e. The van der Waals surface area contributed by atoms with Crippen molar-refractivity contribution in [2.75, 3.05) is 30.4 Å². The molecule has 0 atom stereocenters. The van der Waals surface area contributed by atoms with Gasteiger partial charge >= 0.3 is 0 Å². The van der Waals surface area contributed by atoms with Crippen LogP contribution in [0.5, 0.6) is 0 Å². The Balaban J connectivity index is 2.34. The lowest BCUT2D eigenvalue weighted by atomic mass is 10.0. The van der Waals surface area contributed by atoms with Gasteiger partial charge in [-0.1, -0.05) is 0 Å². The summed E-state index contributed by atoms with van der Waals surface area (Å²) < 4.78 is 5.45. The molecule has 0 saturated carbocycles. The molecule has 0 aromatic heterocycles. The minimum absolute atomic E-state index is 0.0511. The highest BCUT2D eigenvalue weighted by Gasteiger charge is 2.31. The van der Waals surface area contributed by atoms with E-state index in [1.165, 1.54) is 6.07 Å². The number of hydrogen-bond donors (Lipinski definition) is 1. The van der Waals surface area contributed by atoms with Crippen molar-refractivity contribution in [1.82, 2.24) is 0 Å². The monoisotopic (exact) mass is 251 g/mol. The molecular formula is C12H17N3O3. The standard InChI is InChI=1S/C12H17N3O3/c1-12(2)8-18-6-5-14(12)9-3-4-11(15(16)17)10(13)7-9/h3-4,7H,5-6,8,13H2,1-2H3. The highest BCUT2D eigenvalue weighted by molar-refractivity contribution is 5.67. The number of nitrogens with two attached hydrogens (primary N) is 1. The summed E-state index contributed by atoms with van der Waals surface area (Å²) in [6.45, 7) is 6.18. The molecule has 0 unspecified atom stereocenters. The van der Waals surface area contributed by atoms with E-state index in [1.807, 2.05) is 0 Å². The quantitative estimate of drug-likeness (QED) is 0.492. The number of benzene rings is 1. The third-order valence-electron chi connectivity index (χ3n) is 3.16. The van der Waals surface area contributed by atoms with E-state index in [1.54, 1.807) is 12.1 Å². The van der Waals surface area contributed by atoms with E-state index < -0.39 is 4.92 Å². The van der Waals surface area contributed by atoms with Gasteiger partial charge in [0.1, 0.15) is 5.69 Å². The van der Waals surface area contributed by atoms with Crippen LogP contribution < -0.4 is 10.6 Å². The van der Waals surface area contributed by atoms with Gasteiger partial charge in [-0.3, -0.25) is 10.1 Å². The Hall–Kier alpha value is -1.82. The second-order valence-electron chi connectivity index (χ2n) is 5.02. The van der Waals surface area contributed by atoms with Crippen molar-refractivity contribution in [3.63, 3.8) is 0 Å². The molecule has 18 heavy (non-hydrogen) atoms. The number of hydrogen-bond acceptors (Lipinski definition) is 5. The maximum atomic E-state index is 10.7. The van der Waals surface area contributed by atoms with Crippen LogP contribution in [-0.4, -0.2) is 30.2 Å². The number of nitrogen functional groups attached to an aromatic ring is 1. The number of nitro benzene ring substituents is 1. The Morgan fingerprint density at radius 3 is 2.78 bits per heavy atom. The Labute approximate surface area is 105 Å². The largest absolute Gasteiger partial charge is 0.393 e. The summed E-state index contributed by atoms with van der Waals surface area (Å²) >= 11 is 0. The van der Waals surface area contributed by atoms with E-state index in [2.05, 4.69) is 18.7 Å². The first kappa shape index (κ1) is 12.6. The Bertz CT molecular complexity index is 474. The molecule has 2 N–H and O–H groups in total. The zero-order valence-corrected chi connectivity index (χ0v) is 10.5. The third-order valence-corrected chi connectivity index (χ3v) is 3.16. The molecule has 1 aromatic rings. The summed E-state index contributed by atoms with van der Waals surface area (Å²) in [6, 6.07) is 4.85. The molecule has 0 aliphatic carbocycles. The number of ether oxygens (including phenoxy) is 1. The van der Waals surface area contributed by atoms with E-state index in [0.717, 1.165) is 12.2 Å². The molecule has 6 heteroatoms.